The number of aromatic nitrogens is 1. The monoisotopic (exact) mass is 312 g/mol. The second kappa shape index (κ2) is 5.85. The molecule has 0 aliphatic carbocycles. The summed E-state index contributed by atoms with van der Waals surface area (Å²) < 4.78 is 5.61. The molecule has 3 rings (SSSR count). The van der Waals surface area contributed by atoms with Crippen LogP contribution in [0.5, 0.6) is 5.75 Å². The van der Waals surface area contributed by atoms with Gasteiger partial charge in [-0.3, -0.25) is 0 Å². The quantitative estimate of drug-likeness (QED) is 0.716. The molecule has 0 saturated carbocycles. The van der Waals surface area contributed by atoms with Crippen LogP contribution in [0, 0.1) is 13.8 Å². The topological polar surface area (TPSA) is 34.1 Å². The molecule has 0 bridgehead atoms. The van der Waals surface area contributed by atoms with Crippen LogP contribution in [-0.2, 0) is 0 Å². The number of hydrogen-bond donors (Lipinski definition) is 1. The Labute approximate surface area is 134 Å². The van der Waals surface area contributed by atoms with Crippen molar-refractivity contribution in [2.75, 3.05) is 12.4 Å². The van der Waals surface area contributed by atoms with Gasteiger partial charge in [0.1, 0.15) is 11.6 Å². The molecule has 2 aromatic carbocycles. The summed E-state index contributed by atoms with van der Waals surface area (Å²) in [6.07, 6.45) is 0. The summed E-state index contributed by atoms with van der Waals surface area (Å²) >= 11 is 5.93. The van der Waals surface area contributed by atoms with Crippen LogP contribution >= 0.6 is 11.6 Å². The van der Waals surface area contributed by atoms with Crippen molar-refractivity contribution in [1.29, 1.82) is 0 Å². The molecular formula is C18H17ClN2O. The van der Waals surface area contributed by atoms with Crippen LogP contribution < -0.4 is 10.1 Å². The van der Waals surface area contributed by atoms with Crippen molar-refractivity contribution in [3.63, 3.8) is 0 Å². The van der Waals surface area contributed by atoms with Gasteiger partial charge in [0.15, 0.2) is 0 Å². The van der Waals surface area contributed by atoms with Crippen LogP contribution in [0.4, 0.5) is 11.5 Å². The van der Waals surface area contributed by atoms with E-state index in [0.717, 1.165) is 39.3 Å². The highest BCUT2D eigenvalue weighted by molar-refractivity contribution is 6.30. The van der Waals surface area contributed by atoms with Crippen molar-refractivity contribution < 1.29 is 4.74 Å². The number of hydrogen-bond acceptors (Lipinski definition) is 3. The smallest absolute Gasteiger partial charge is 0.137 e. The van der Waals surface area contributed by atoms with Gasteiger partial charge in [0, 0.05) is 21.7 Å². The van der Waals surface area contributed by atoms with E-state index in [-0.39, 0.29) is 0 Å². The molecule has 3 nitrogen and oxygen atoms in total. The molecule has 0 unspecified atom stereocenters. The van der Waals surface area contributed by atoms with Crippen molar-refractivity contribution >= 4 is 34.0 Å². The molecule has 0 aliphatic rings. The predicted octanol–water partition coefficient (Wildman–Crippen LogP) is 5.26. The third-order valence-electron chi connectivity index (χ3n) is 3.71. The molecule has 4 heteroatoms. The standard InChI is InChI=1S/C18H17ClN2O/c1-11-5-4-6-15-16(11)21-18(12(2)17(15)22-3)20-14-9-7-13(19)8-10-14/h4-10H,1-3H3,(H,20,21). The molecule has 1 aromatic heterocycles. The fourth-order valence-corrected chi connectivity index (χ4v) is 2.68. The molecule has 0 fully saturated rings. The van der Waals surface area contributed by atoms with Gasteiger partial charge < -0.3 is 10.1 Å². The zero-order valence-electron chi connectivity index (χ0n) is 12.8. The molecule has 0 saturated heterocycles. The maximum Gasteiger partial charge on any atom is 0.137 e. The van der Waals surface area contributed by atoms with E-state index in [9.17, 15) is 0 Å². The van der Waals surface area contributed by atoms with Gasteiger partial charge >= 0.3 is 0 Å². The zero-order chi connectivity index (χ0) is 15.7. The SMILES string of the molecule is COc1c(C)c(Nc2ccc(Cl)cc2)nc2c(C)cccc12. The number of pyridine rings is 1. The normalized spacial score (nSPS) is 10.7. The first-order chi connectivity index (χ1) is 10.6. The molecule has 0 atom stereocenters. The summed E-state index contributed by atoms with van der Waals surface area (Å²) in [5, 5.41) is 5.08. The maximum absolute atomic E-state index is 5.93. The molecular weight excluding hydrogens is 296 g/mol. The minimum absolute atomic E-state index is 0.710. The molecule has 112 valence electrons. The van der Waals surface area contributed by atoms with Crippen molar-refractivity contribution in [2.24, 2.45) is 0 Å². The van der Waals surface area contributed by atoms with Gasteiger partial charge in [-0.2, -0.15) is 0 Å². The van der Waals surface area contributed by atoms with Gasteiger partial charge in [0.05, 0.1) is 12.6 Å². The number of anilines is 2. The molecule has 1 heterocycles. The lowest BCUT2D eigenvalue weighted by Gasteiger charge is -2.15. The first-order valence-electron chi connectivity index (χ1n) is 7.06. The summed E-state index contributed by atoms with van der Waals surface area (Å²) in [6.45, 7) is 4.06. The summed E-state index contributed by atoms with van der Waals surface area (Å²) in [4.78, 5) is 4.78. The summed E-state index contributed by atoms with van der Waals surface area (Å²) in [7, 11) is 1.69. The molecule has 22 heavy (non-hydrogen) atoms. The first-order valence-corrected chi connectivity index (χ1v) is 7.44. The summed E-state index contributed by atoms with van der Waals surface area (Å²) in [6, 6.07) is 13.7. The Bertz CT molecular complexity index is 829. The average molecular weight is 313 g/mol. The second-order valence-electron chi connectivity index (χ2n) is 5.22. The van der Waals surface area contributed by atoms with Gasteiger partial charge in [-0.05, 0) is 49.7 Å². The van der Waals surface area contributed by atoms with Crippen molar-refractivity contribution in [3.8, 4) is 5.75 Å². The highest BCUT2D eigenvalue weighted by Gasteiger charge is 2.13. The first kappa shape index (κ1) is 14.7. The number of rotatable bonds is 3. The summed E-state index contributed by atoms with van der Waals surface area (Å²) in [5.74, 6) is 1.64. The van der Waals surface area contributed by atoms with Crippen LogP contribution in [0.15, 0.2) is 42.5 Å². The number of methoxy groups -OCH3 is 1. The minimum Gasteiger partial charge on any atom is -0.496 e. The van der Waals surface area contributed by atoms with Crippen LogP contribution in [-0.4, -0.2) is 12.1 Å². The van der Waals surface area contributed by atoms with Crippen LogP contribution in [0.3, 0.4) is 0 Å². The Balaban J connectivity index is 2.15. The van der Waals surface area contributed by atoms with Crippen LogP contribution in [0.1, 0.15) is 11.1 Å². The highest BCUT2D eigenvalue weighted by Crippen LogP contribution is 2.35. The lowest BCUT2D eigenvalue weighted by molar-refractivity contribution is 0.416. The van der Waals surface area contributed by atoms with E-state index in [2.05, 4.69) is 18.3 Å². The Morgan fingerprint density at radius 2 is 1.77 bits per heavy atom. The van der Waals surface area contributed by atoms with E-state index in [4.69, 9.17) is 21.3 Å². The number of nitrogens with zero attached hydrogens (tertiary/aromatic N) is 1. The third-order valence-corrected chi connectivity index (χ3v) is 3.96. The number of fused-ring (bicyclic) bond motifs is 1. The molecule has 0 aliphatic heterocycles. The average Bonchev–Trinajstić information content (AvgIpc) is 2.51. The van der Waals surface area contributed by atoms with Crippen molar-refractivity contribution in [1.82, 2.24) is 4.98 Å². The van der Waals surface area contributed by atoms with Crippen molar-refractivity contribution in [3.05, 3.63) is 58.6 Å². The Morgan fingerprint density at radius 1 is 1.05 bits per heavy atom. The van der Waals surface area contributed by atoms with Crippen LogP contribution in [0.25, 0.3) is 10.9 Å². The number of benzene rings is 2. The number of halogens is 1. The summed E-state index contributed by atoms with van der Waals surface area (Å²) in [5.41, 5.74) is 3.99. The van der Waals surface area contributed by atoms with Gasteiger partial charge in [0.2, 0.25) is 0 Å². The van der Waals surface area contributed by atoms with Gasteiger partial charge in [-0.1, -0.05) is 23.7 Å². The highest BCUT2D eigenvalue weighted by atomic mass is 35.5. The molecule has 0 amide bonds. The number of ether oxygens (including phenoxy) is 1. The van der Waals surface area contributed by atoms with E-state index in [1.165, 1.54) is 0 Å². The molecule has 1 N–H and O–H groups in total. The second-order valence-corrected chi connectivity index (χ2v) is 5.66. The van der Waals surface area contributed by atoms with E-state index in [0.29, 0.717) is 5.02 Å². The lowest BCUT2D eigenvalue weighted by Crippen LogP contribution is -2.01. The zero-order valence-corrected chi connectivity index (χ0v) is 13.5. The maximum atomic E-state index is 5.93. The molecule has 3 aromatic rings. The number of para-hydroxylation sites is 1. The van der Waals surface area contributed by atoms with Gasteiger partial charge in [-0.15, -0.1) is 0 Å². The molecule has 0 radical (unpaired) electrons. The van der Waals surface area contributed by atoms with E-state index in [1.807, 2.05) is 43.3 Å². The van der Waals surface area contributed by atoms with E-state index < -0.39 is 0 Å². The van der Waals surface area contributed by atoms with Crippen LogP contribution in [0.2, 0.25) is 5.02 Å². The number of nitrogens with one attached hydrogen (secondary N) is 1. The fraction of sp³-hybridized carbons (Fsp3) is 0.167. The predicted molar refractivity (Wildman–Crippen MR) is 92.5 cm³/mol. The Kier molecular flexibility index (Phi) is 3.90. The Morgan fingerprint density at radius 3 is 2.45 bits per heavy atom. The third kappa shape index (κ3) is 2.60. The minimum atomic E-state index is 0.710. The van der Waals surface area contributed by atoms with Crippen molar-refractivity contribution in [2.45, 2.75) is 13.8 Å². The van der Waals surface area contributed by atoms with Gasteiger partial charge in [-0.25, -0.2) is 4.98 Å². The number of aryl methyl sites for hydroxylation is 1. The van der Waals surface area contributed by atoms with Gasteiger partial charge in [0.25, 0.3) is 0 Å². The van der Waals surface area contributed by atoms with E-state index in [1.54, 1.807) is 7.11 Å². The fourth-order valence-electron chi connectivity index (χ4n) is 2.55. The lowest BCUT2D eigenvalue weighted by atomic mass is 10.1. The molecule has 0 spiro atoms. The Hall–Kier alpha value is -2.26. The van der Waals surface area contributed by atoms with E-state index >= 15 is 0 Å². The largest absolute Gasteiger partial charge is 0.496 e.